The normalized spacial score (nSPS) is 14.6. The van der Waals surface area contributed by atoms with Crippen molar-refractivity contribution >= 4 is 0 Å². The van der Waals surface area contributed by atoms with Crippen molar-refractivity contribution in [2.45, 2.75) is 66.0 Å². The van der Waals surface area contributed by atoms with Gasteiger partial charge in [0, 0.05) is 6.04 Å². The smallest absolute Gasteiger partial charge is 0.161 e. The molecule has 116 valence electrons. The van der Waals surface area contributed by atoms with Crippen LogP contribution < -0.4 is 10.1 Å². The summed E-state index contributed by atoms with van der Waals surface area (Å²) in [5.41, 5.74) is 1.19. The molecule has 1 rings (SSSR count). The Morgan fingerprint density at radius 1 is 1.25 bits per heavy atom. The van der Waals surface area contributed by atoms with Gasteiger partial charge in [0.25, 0.3) is 0 Å². The molecule has 0 amide bonds. The van der Waals surface area contributed by atoms with Crippen LogP contribution in [0.2, 0.25) is 0 Å². The Morgan fingerprint density at radius 3 is 2.45 bits per heavy atom. The lowest BCUT2D eigenvalue weighted by Gasteiger charge is -2.27. The predicted molar refractivity (Wildman–Crippen MR) is 84.3 cm³/mol. The number of hydrogen-bond donors (Lipinski definition) is 1. The average Bonchev–Trinajstić information content (AvgIpc) is 2.83. The Labute approximate surface area is 123 Å². The summed E-state index contributed by atoms with van der Waals surface area (Å²) in [5, 5.41) is 8.20. The standard InChI is InChI=1S/C16H31N3O/c1-7-9-13(5)15(17-10-8-2)16-14(20-6)11-18-19(16)12(3)4/h11-13,15,17H,7-10H2,1-6H3. The lowest BCUT2D eigenvalue weighted by molar-refractivity contribution is 0.318. The van der Waals surface area contributed by atoms with Crippen molar-refractivity contribution in [1.29, 1.82) is 0 Å². The van der Waals surface area contributed by atoms with Crippen molar-refractivity contribution < 1.29 is 4.74 Å². The molecule has 0 aliphatic heterocycles. The molecule has 1 heterocycles. The van der Waals surface area contributed by atoms with Gasteiger partial charge in [-0.25, -0.2) is 0 Å². The van der Waals surface area contributed by atoms with Gasteiger partial charge in [0.15, 0.2) is 5.75 Å². The minimum atomic E-state index is 0.301. The summed E-state index contributed by atoms with van der Waals surface area (Å²) in [7, 11) is 1.73. The third kappa shape index (κ3) is 3.98. The Bertz CT molecular complexity index is 387. The SMILES string of the molecule is CCCNC(c1c(OC)cnn1C(C)C)C(C)CCC. The van der Waals surface area contributed by atoms with E-state index in [0.29, 0.717) is 18.0 Å². The van der Waals surface area contributed by atoms with Gasteiger partial charge in [-0.2, -0.15) is 5.10 Å². The van der Waals surface area contributed by atoms with E-state index in [0.717, 1.165) is 18.7 Å². The second-order valence-electron chi connectivity index (χ2n) is 5.83. The van der Waals surface area contributed by atoms with Crippen molar-refractivity contribution in [2.75, 3.05) is 13.7 Å². The molecular formula is C16H31N3O. The van der Waals surface area contributed by atoms with Gasteiger partial charge in [-0.3, -0.25) is 4.68 Å². The van der Waals surface area contributed by atoms with Gasteiger partial charge in [0.1, 0.15) is 0 Å². The van der Waals surface area contributed by atoms with Crippen molar-refractivity contribution in [3.05, 3.63) is 11.9 Å². The Hall–Kier alpha value is -1.03. The minimum Gasteiger partial charge on any atom is -0.493 e. The monoisotopic (exact) mass is 281 g/mol. The van der Waals surface area contributed by atoms with Crippen LogP contribution in [0.5, 0.6) is 5.75 Å². The number of aromatic nitrogens is 2. The zero-order valence-corrected chi connectivity index (χ0v) is 13.9. The molecule has 0 saturated heterocycles. The molecular weight excluding hydrogens is 250 g/mol. The van der Waals surface area contributed by atoms with Crippen LogP contribution in [0.4, 0.5) is 0 Å². The summed E-state index contributed by atoms with van der Waals surface area (Å²) in [6.07, 6.45) is 5.37. The van der Waals surface area contributed by atoms with Crippen LogP contribution in [0.25, 0.3) is 0 Å². The first-order valence-electron chi connectivity index (χ1n) is 7.91. The number of methoxy groups -OCH3 is 1. The minimum absolute atomic E-state index is 0.301. The summed E-state index contributed by atoms with van der Waals surface area (Å²) < 4.78 is 7.64. The molecule has 0 radical (unpaired) electrons. The fourth-order valence-corrected chi connectivity index (χ4v) is 2.71. The molecule has 1 N–H and O–H groups in total. The number of nitrogens with zero attached hydrogens (tertiary/aromatic N) is 2. The van der Waals surface area contributed by atoms with E-state index in [1.54, 1.807) is 7.11 Å². The first-order valence-corrected chi connectivity index (χ1v) is 7.91. The lowest BCUT2D eigenvalue weighted by atomic mass is 9.93. The van der Waals surface area contributed by atoms with E-state index in [9.17, 15) is 0 Å². The van der Waals surface area contributed by atoms with Gasteiger partial charge >= 0.3 is 0 Å². The van der Waals surface area contributed by atoms with Crippen molar-refractivity contribution in [1.82, 2.24) is 15.1 Å². The topological polar surface area (TPSA) is 39.1 Å². The van der Waals surface area contributed by atoms with E-state index in [-0.39, 0.29) is 0 Å². The van der Waals surface area contributed by atoms with Gasteiger partial charge in [-0.05, 0) is 39.2 Å². The lowest BCUT2D eigenvalue weighted by Crippen LogP contribution is -2.30. The first kappa shape index (κ1) is 17.0. The van der Waals surface area contributed by atoms with Crippen molar-refractivity contribution in [3.8, 4) is 5.75 Å². The highest BCUT2D eigenvalue weighted by Crippen LogP contribution is 2.33. The van der Waals surface area contributed by atoms with Crippen LogP contribution in [0, 0.1) is 5.92 Å². The predicted octanol–water partition coefficient (Wildman–Crippen LogP) is 3.95. The van der Waals surface area contributed by atoms with Crippen LogP contribution in [0.15, 0.2) is 6.20 Å². The summed E-state index contributed by atoms with van der Waals surface area (Å²) in [5.74, 6) is 1.46. The van der Waals surface area contributed by atoms with Gasteiger partial charge in [-0.1, -0.05) is 27.2 Å². The van der Waals surface area contributed by atoms with Gasteiger partial charge in [0.2, 0.25) is 0 Å². The summed E-state index contributed by atoms with van der Waals surface area (Å²) in [6.45, 7) is 12.1. The Balaban J connectivity index is 3.13. The maximum atomic E-state index is 5.54. The molecule has 20 heavy (non-hydrogen) atoms. The third-order valence-corrected chi connectivity index (χ3v) is 3.73. The van der Waals surface area contributed by atoms with Gasteiger partial charge < -0.3 is 10.1 Å². The second kappa shape index (κ2) is 8.30. The van der Waals surface area contributed by atoms with E-state index in [1.807, 2.05) is 6.20 Å². The third-order valence-electron chi connectivity index (χ3n) is 3.73. The molecule has 1 aromatic rings. The number of ether oxygens (including phenoxy) is 1. The highest BCUT2D eigenvalue weighted by atomic mass is 16.5. The van der Waals surface area contributed by atoms with E-state index in [2.05, 4.69) is 49.7 Å². The molecule has 4 nitrogen and oxygen atoms in total. The van der Waals surface area contributed by atoms with Crippen LogP contribution in [0.3, 0.4) is 0 Å². The molecule has 2 atom stereocenters. The molecule has 0 saturated carbocycles. The molecule has 4 heteroatoms. The highest BCUT2D eigenvalue weighted by Gasteiger charge is 2.26. The summed E-state index contributed by atoms with van der Waals surface area (Å²) in [6, 6.07) is 0.642. The van der Waals surface area contributed by atoms with Crippen molar-refractivity contribution in [2.24, 2.45) is 5.92 Å². The van der Waals surface area contributed by atoms with E-state index < -0.39 is 0 Å². The molecule has 0 aliphatic rings. The first-order chi connectivity index (χ1) is 9.56. The summed E-state index contributed by atoms with van der Waals surface area (Å²) in [4.78, 5) is 0. The fraction of sp³-hybridized carbons (Fsp3) is 0.812. The molecule has 0 aliphatic carbocycles. The van der Waals surface area contributed by atoms with Crippen molar-refractivity contribution in [3.63, 3.8) is 0 Å². The fourth-order valence-electron chi connectivity index (χ4n) is 2.71. The maximum Gasteiger partial charge on any atom is 0.161 e. The van der Waals surface area contributed by atoms with E-state index in [4.69, 9.17) is 4.74 Å². The average molecular weight is 281 g/mol. The molecule has 0 bridgehead atoms. The molecule has 1 aromatic heterocycles. The van der Waals surface area contributed by atoms with Gasteiger partial charge in [0.05, 0.1) is 25.0 Å². The molecule has 2 unspecified atom stereocenters. The number of rotatable bonds is 9. The highest BCUT2D eigenvalue weighted by molar-refractivity contribution is 5.29. The van der Waals surface area contributed by atoms with Crippen LogP contribution in [0.1, 0.15) is 71.7 Å². The number of hydrogen-bond acceptors (Lipinski definition) is 3. The largest absolute Gasteiger partial charge is 0.493 e. The van der Waals surface area contributed by atoms with Crippen LogP contribution >= 0.6 is 0 Å². The Kier molecular flexibility index (Phi) is 7.06. The summed E-state index contributed by atoms with van der Waals surface area (Å²) >= 11 is 0. The number of nitrogens with one attached hydrogen (secondary N) is 1. The van der Waals surface area contributed by atoms with Crippen LogP contribution in [-0.2, 0) is 0 Å². The second-order valence-corrected chi connectivity index (χ2v) is 5.83. The van der Waals surface area contributed by atoms with Crippen LogP contribution in [-0.4, -0.2) is 23.4 Å². The maximum absolute atomic E-state index is 5.54. The van der Waals surface area contributed by atoms with E-state index in [1.165, 1.54) is 18.5 Å². The zero-order valence-electron chi connectivity index (χ0n) is 13.9. The zero-order chi connectivity index (χ0) is 15.1. The molecule has 0 fully saturated rings. The quantitative estimate of drug-likeness (QED) is 0.745. The van der Waals surface area contributed by atoms with Gasteiger partial charge in [-0.15, -0.1) is 0 Å². The Morgan fingerprint density at radius 2 is 1.95 bits per heavy atom. The molecule has 0 spiro atoms. The molecule has 0 aromatic carbocycles. The van der Waals surface area contributed by atoms with E-state index >= 15 is 0 Å².